The summed E-state index contributed by atoms with van der Waals surface area (Å²) in [7, 11) is 0. The van der Waals surface area contributed by atoms with Crippen LogP contribution in [0.3, 0.4) is 0 Å². The summed E-state index contributed by atoms with van der Waals surface area (Å²) in [5.74, 6) is 3.58. The SMILES string of the molecule is NC(=O)NSCCSCc1nc2ccccc2[nH]1. The molecule has 96 valence electrons. The van der Waals surface area contributed by atoms with Gasteiger partial charge in [0.25, 0.3) is 0 Å². The molecule has 2 aromatic rings. The van der Waals surface area contributed by atoms with Gasteiger partial charge in [0.2, 0.25) is 0 Å². The smallest absolute Gasteiger partial charge is 0.322 e. The lowest BCUT2D eigenvalue weighted by molar-refractivity contribution is 0.254. The first-order valence-electron chi connectivity index (χ1n) is 5.44. The van der Waals surface area contributed by atoms with E-state index in [1.807, 2.05) is 24.3 Å². The first kappa shape index (κ1) is 13.1. The number of nitrogens with one attached hydrogen (secondary N) is 2. The van der Waals surface area contributed by atoms with Gasteiger partial charge in [-0.15, -0.1) is 0 Å². The number of rotatable bonds is 6. The average molecular weight is 282 g/mol. The minimum absolute atomic E-state index is 0.498. The highest BCUT2D eigenvalue weighted by Crippen LogP contribution is 2.15. The summed E-state index contributed by atoms with van der Waals surface area (Å²) < 4.78 is 2.48. The third-order valence-corrected chi connectivity index (χ3v) is 4.16. The minimum Gasteiger partial charge on any atom is -0.351 e. The first-order chi connectivity index (χ1) is 8.75. The Morgan fingerprint density at radius 2 is 2.22 bits per heavy atom. The number of hydrogen-bond acceptors (Lipinski definition) is 4. The van der Waals surface area contributed by atoms with Gasteiger partial charge in [0.15, 0.2) is 0 Å². The number of carbonyl (C=O) groups is 1. The Bertz CT molecular complexity index is 495. The van der Waals surface area contributed by atoms with E-state index in [9.17, 15) is 4.79 Å². The van der Waals surface area contributed by atoms with Crippen LogP contribution < -0.4 is 10.5 Å². The third kappa shape index (κ3) is 3.85. The van der Waals surface area contributed by atoms with Gasteiger partial charge < -0.3 is 10.7 Å². The standard InChI is InChI=1S/C11H14N4OS2/c12-11(16)15-18-6-5-17-7-10-13-8-3-1-2-4-9(8)14-10/h1-4H,5-7H2,(H,13,14)(H3,12,15,16). The molecule has 1 aromatic carbocycles. The zero-order valence-electron chi connectivity index (χ0n) is 9.68. The highest BCUT2D eigenvalue weighted by Gasteiger charge is 2.01. The van der Waals surface area contributed by atoms with E-state index >= 15 is 0 Å². The number of thioether (sulfide) groups is 1. The van der Waals surface area contributed by atoms with E-state index in [0.717, 1.165) is 34.1 Å². The molecular formula is C11H14N4OS2. The fourth-order valence-corrected chi connectivity index (χ4v) is 2.99. The van der Waals surface area contributed by atoms with Crippen LogP contribution in [-0.4, -0.2) is 27.5 Å². The van der Waals surface area contributed by atoms with Crippen molar-refractivity contribution in [2.75, 3.05) is 11.5 Å². The molecule has 5 nitrogen and oxygen atoms in total. The number of primary amides is 1. The Morgan fingerprint density at radius 3 is 3.00 bits per heavy atom. The zero-order valence-corrected chi connectivity index (χ0v) is 11.3. The van der Waals surface area contributed by atoms with Gasteiger partial charge in [-0.25, -0.2) is 9.78 Å². The van der Waals surface area contributed by atoms with Gasteiger partial charge in [0, 0.05) is 11.5 Å². The number of urea groups is 1. The fourth-order valence-electron chi connectivity index (χ4n) is 1.47. The van der Waals surface area contributed by atoms with E-state index in [4.69, 9.17) is 5.73 Å². The van der Waals surface area contributed by atoms with Gasteiger partial charge >= 0.3 is 6.03 Å². The predicted octanol–water partition coefficient (Wildman–Crippen LogP) is 2.11. The summed E-state index contributed by atoms with van der Waals surface area (Å²) in [5.41, 5.74) is 7.01. The molecule has 18 heavy (non-hydrogen) atoms. The summed E-state index contributed by atoms with van der Waals surface area (Å²) >= 11 is 3.09. The summed E-state index contributed by atoms with van der Waals surface area (Å²) in [4.78, 5) is 18.2. The molecule has 0 aliphatic rings. The van der Waals surface area contributed by atoms with Crippen molar-refractivity contribution in [1.82, 2.24) is 14.7 Å². The number of imidazole rings is 1. The largest absolute Gasteiger partial charge is 0.351 e. The second kappa shape index (κ2) is 6.55. The summed E-state index contributed by atoms with van der Waals surface area (Å²) in [6.45, 7) is 0. The number of H-pyrrole nitrogens is 1. The van der Waals surface area contributed by atoms with Crippen LogP contribution in [0.1, 0.15) is 5.82 Å². The minimum atomic E-state index is -0.498. The molecule has 2 amide bonds. The third-order valence-electron chi connectivity index (χ3n) is 2.18. The van der Waals surface area contributed by atoms with Crippen LogP contribution in [0.5, 0.6) is 0 Å². The number of aromatic nitrogens is 2. The molecule has 0 bridgehead atoms. The van der Waals surface area contributed by atoms with Crippen molar-refractivity contribution in [1.29, 1.82) is 0 Å². The average Bonchev–Trinajstić information content (AvgIpc) is 2.75. The Kier molecular flexibility index (Phi) is 4.77. The Hall–Kier alpha value is -1.34. The molecular weight excluding hydrogens is 268 g/mol. The summed E-state index contributed by atoms with van der Waals surface area (Å²) in [6.07, 6.45) is 0. The summed E-state index contributed by atoms with van der Waals surface area (Å²) in [6, 6.07) is 7.48. The van der Waals surface area contributed by atoms with Crippen LogP contribution >= 0.6 is 23.7 Å². The van der Waals surface area contributed by atoms with Crippen LogP contribution in [0.2, 0.25) is 0 Å². The Labute approximate surface area is 113 Å². The van der Waals surface area contributed by atoms with E-state index in [0.29, 0.717) is 0 Å². The lowest BCUT2D eigenvalue weighted by Crippen LogP contribution is -2.23. The van der Waals surface area contributed by atoms with Crippen LogP contribution in [-0.2, 0) is 5.75 Å². The second-order valence-corrected chi connectivity index (χ2v) is 5.57. The molecule has 2 rings (SSSR count). The van der Waals surface area contributed by atoms with Crippen molar-refractivity contribution in [3.63, 3.8) is 0 Å². The molecule has 0 unspecified atom stereocenters. The molecule has 0 spiro atoms. The van der Waals surface area contributed by atoms with Crippen molar-refractivity contribution in [3.05, 3.63) is 30.1 Å². The second-order valence-electron chi connectivity index (χ2n) is 3.57. The number of amides is 2. The molecule has 7 heteroatoms. The normalized spacial score (nSPS) is 10.7. The number of nitrogens with two attached hydrogens (primary N) is 1. The molecule has 0 aliphatic heterocycles. The van der Waals surface area contributed by atoms with Crippen LogP contribution in [0.25, 0.3) is 11.0 Å². The van der Waals surface area contributed by atoms with Crippen molar-refractivity contribution in [2.24, 2.45) is 5.73 Å². The first-order valence-corrected chi connectivity index (χ1v) is 7.58. The number of hydrogen-bond donors (Lipinski definition) is 3. The van der Waals surface area contributed by atoms with E-state index in [-0.39, 0.29) is 0 Å². The van der Waals surface area contributed by atoms with Crippen molar-refractivity contribution >= 4 is 40.8 Å². The van der Waals surface area contributed by atoms with E-state index < -0.39 is 6.03 Å². The highest BCUT2D eigenvalue weighted by molar-refractivity contribution is 8.01. The van der Waals surface area contributed by atoms with Crippen molar-refractivity contribution in [2.45, 2.75) is 5.75 Å². The van der Waals surface area contributed by atoms with E-state index in [2.05, 4.69) is 14.7 Å². The fraction of sp³-hybridized carbons (Fsp3) is 0.273. The lowest BCUT2D eigenvalue weighted by Gasteiger charge is -2.00. The number of para-hydroxylation sites is 2. The molecule has 1 aromatic heterocycles. The zero-order chi connectivity index (χ0) is 12.8. The number of aromatic amines is 1. The van der Waals surface area contributed by atoms with Gasteiger partial charge in [-0.05, 0) is 24.1 Å². The van der Waals surface area contributed by atoms with Crippen LogP contribution in [0, 0.1) is 0 Å². The molecule has 0 fully saturated rings. The van der Waals surface area contributed by atoms with Gasteiger partial charge in [0.1, 0.15) is 5.82 Å². The molecule has 0 saturated carbocycles. The predicted molar refractivity (Wildman–Crippen MR) is 77.4 cm³/mol. The topological polar surface area (TPSA) is 83.8 Å². The molecule has 0 atom stereocenters. The van der Waals surface area contributed by atoms with Crippen LogP contribution in [0.15, 0.2) is 24.3 Å². The maximum atomic E-state index is 10.4. The maximum Gasteiger partial charge on any atom is 0.322 e. The van der Waals surface area contributed by atoms with Crippen molar-refractivity contribution in [3.8, 4) is 0 Å². The van der Waals surface area contributed by atoms with Crippen LogP contribution in [0.4, 0.5) is 4.79 Å². The number of nitrogens with zero attached hydrogens (tertiary/aromatic N) is 1. The highest BCUT2D eigenvalue weighted by atomic mass is 32.2. The molecule has 4 N–H and O–H groups in total. The van der Waals surface area contributed by atoms with Gasteiger partial charge in [-0.1, -0.05) is 12.1 Å². The maximum absolute atomic E-state index is 10.4. The van der Waals surface area contributed by atoms with Crippen molar-refractivity contribution < 1.29 is 4.79 Å². The Balaban J connectivity index is 1.72. The number of carbonyl (C=O) groups excluding carboxylic acids is 1. The molecule has 0 radical (unpaired) electrons. The molecule has 0 aliphatic carbocycles. The van der Waals surface area contributed by atoms with Gasteiger partial charge in [-0.2, -0.15) is 11.8 Å². The summed E-state index contributed by atoms with van der Waals surface area (Å²) in [5, 5.41) is 0. The lowest BCUT2D eigenvalue weighted by atomic mass is 10.3. The van der Waals surface area contributed by atoms with Gasteiger partial charge in [-0.3, -0.25) is 4.72 Å². The van der Waals surface area contributed by atoms with Gasteiger partial charge in [0.05, 0.1) is 16.8 Å². The van der Waals surface area contributed by atoms with E-state index in [1.54, 1.807) is 11.8 Å². The molecule has 0 saturated heterocycles. The van der Waals surface area contributed by atoms with E-state index in [1.165, 1.54) is 11.9 Å². The Morgan fingerprint density at radius 1 is 1.39 bits per heavy atom. The number of benzene rings is 1. The molecule has 1 heterocycles. The monoisotopic (exact) mass is 282 g/mol. The number of fused-ring (bicyclic) bond motifs is 1. The quantitative estimate of drug-likeness (QED) is 0.559.